The number of hydrogen-bond donors (Lipinski definition) is 5. The van der Waals surface area contributed by atoms with Crippen LogP contribution in [0.25, 0.3) is 0 Å². The van der Waals surface area contributed by atoms with E-state index in [9.17, 15) is 9.59 Å². The van der Waals surface area contributed by atoms with Crippen LogP contribution < -0.4 is 22.3 Å². The first kappa shape index (κ1) is 15.0. The van der Waals surface area contributed by atoms with Crippen LogP contribution in [0.15, 0.2) is 22.5 Å². The summed E-state index contributed by atoms with van der Waals surface area (Å²) in [6, 6.07) is 3.36. The first-order chi connectivity index (χ1) is 8.99. The fourth-order valence-electron chi connectivity index (χ4n) is 0.915. The lowest BCUT2D eigenvalue weighted by atomic mass is 10.4. The highest BCUT2D eigenvalue weighted by Crippen LogP contribution is 2.07. The molecule has 0 fully saturated rings. The Hall–Kier alpha value is -2.07. The van der Waals surface area contributed by atoms with Crippen LogP contribution in [0, 0.1) is 5.41 Å². The second-order valence-electron chi connectivity index (χ2n) is 3.11. The van der Waals surface area contributed by atoms with Gasteiger partial charge in [0, 0.05) is 0 Å². The molecule has 102 valence electrons. The van der Waals surface area contributed by atoms with Gasteiger partial charge in [-0.15, -0.1) is 11.3 Å². The Morgan fingerprint density at radius 3 is 2.74 bits per heavy atom. The topological polar surface area (TPSA) is 146 Å². The second-order valence-corrected chi connectivity index (χ2v) is 5.02. The van der Waals surface area contributed by atoms with E-state index in [-0.39, 0.29) is 16.9 Å². The van der Waals surface area contributed by atoms with Crippen LogP contribution in [0.1, 0.15) is 9.67 Å². The summed E-state index contributed by atoms with van der Waals surface area (Å²) in [5.41, 5.74) is 14.6. The molecule has 1 aromatic heterocycles. The standard InChI is InChI=1S/C9H12N6O2S2/c10-8(11)13-9(12)19-4-6(16)14-15-7(17)5-2-1-3-18-5/h1-3H,4H2,(H,14,16)(H,15,17)(H5,10,11,12,13). The highest BCUT2D eigenvalue weighted by molar-refractivity contribution is 8.14. The molecule has 2 amide bonds. The van der Waals surface area contributed by atoms with Gasteiger partial charge in [-0.1, -0.05) is 17.8 Å². The maximum absolute atomic E-state index is 11.5. The van der Waals surface area contributed by atoms with Gasteiger partial charge in [0.2, 0.25) is 5.91 Å². The summed E-state index contributed by atoms with van der Waals surface area (Å²) in [5, 5.41) is 8.86. The molecule has 0 aliphatic rings. The number of nitrogens with one attached hydrogen (secondary N) is 3. The van der Waals surface area contributed by atoms with Crippen molar-refractivity contribution in [3.63, 3.8) is 0 Å². The molecular weight excluding hydrogens is 288 g/mol. The lowest BCUT2D eigenvalue weighted by Crippen LogP contribution is -2.42. The third-order valence-corrected chi connectivity index (χ3v) is 3.27. The van der Waals surface area contributed by atoms with Crippen molar-refractivity contribution >= 4 is 46.0 Å². The Morgan fingerprint density at radius 1 is 1.42 bits per heavy atom. The number of thiophene rings is 1. The van der Waals surface area contributed by atoms with Gasteiger partial charge in [0.1, 0.15) is 0 Å². The predicted octanol–water partition coefficient (Wildman–Crippen LogP) is -0.550. The molecule has 0 saturated carbocycles. The highest BCUT2D eigenvalue weighted by atomic mass is 32.2. The molecule has 0 bridgehead atoms. The zero-order valence-corrected chi connectivity index (χ0v) is 11.3. The van der Waals surface area contributed by atoms with E-state index in [1.165, 1.54) is 11.3 Å². The van der Waals surface area contributed by atoms with Gasteiger partial charge in [-0.25, -0.2) is 0 Å². The molecule has 19 heavy (non-hydrogen) atoms. The number of guanidine groups is 1. The molecule has 10 heteroatoms. The molecule has 0 aliphatic carbocycles. The molecule has 8 nitrogen and oxygen atoms in total. The molecule has 0 atom stereocenters. The van der Waals surface area contributed by atoms with Crippen LogP contribution in [0.5, 0.6) is 0 Å². The molecule has 0 aromatic carbocycles. The first-order valence-electron chi connectivity index (χ1n) is 4.92. The molecule has 1 aromatic rings. The van der Waals surface area contributed by atoms with Crippen LogP contribution in [0.3, 0.4) is 0 Å². The quantitative estimate of drug-likeness (QED) is 0.289. The van der Waals surface area contributed by atoms with Gasteiger partial charge in [0.25, 0.3) is 5.91 Å². The summed E-state index contributed by atoms with van der Waals surface area (Å²) in [7, 11) is 0. The van der Waals surface area contributed by atoms with Crippen molar-refractivity contribution in [1.82, 2.24) is 10.9 Å². The average molecular weight is 300 g/mol. The van der Waals surface area contributed by atoms with Crippen LogP contribution in [0.4, 0.5) is 0 Å². The van der Waals surface area contributed by atoms with Gasteiger partial charge in [0.15, 0.2) is 11.1 Å². The van der Waals surface area contributed by atoms with E-state index in [1.807, 2.05) is 0 Å². The number of thioether (sulfide) groups is 1. The number of hydrazine groups is 1. The summed E-state index contributed by atoms with van der Waals surface area (Å²) >= 11 is 2.10. The Bertz CT molecular complexity index is 495. The van der Waals surface area contributed by atoms with E-state index >= 15 is 0 Å². The minimum atomic E-state index is -0.467. The molecular formula is C9H12N6O2S2. The van der Waals surface area contributed by atoms with Crippen molar-refractivity contribution in [3.8, 4) is 0 Å². The number of hydrogen-bond acceptors (Lipinski definition) is 5. The zero-order chi connectivity index (χ0) is 14.3. The molecule has 0 unspecified atom stereocenters. The number of nitrogens with zero attached hydrogens (tertiary/aromatic N) is 1. The number of rotatable bonds is 3. The summed E-state index contributed by atoms with van der Waals surface area (Å²) in [6.07, 6.45) is 0. The van der Waals surface area contributed by atoms with Crippen molar-refractivity contribution in [3.05, 3.63) is 22.4 Å². The third kappa shape index (κ3) is 5.88. The summed E-state index contributed by atoms with van der Waals surface area (Å²) < 4.78 is 0. The van der Waals surface area contributed by atoms with Crippen LogP contribution in [-0.4, -0.2) is 28.7 Å². The van der Waals surface area contributed by atoms with E-state index in [1.54, 1.807) is 17.5 Å². The lowest BCUT2D eigenvalue weighted by Gasteiger charge is -2.05. The van der Waals surface area contributed by atoms with Gasteiger partial charge in [-0.2, -0.15) is 4.99 Å². The van der Waals surface area contributed by atoms with E-state index in [4.69, 9.17) is 16.9 Å². The van der Waals surface area contributed by atoms with Gasteiger partial charge in [-0.3, -0.25) is 25.8 Å². The Kier molecular flexibility index (Phi) is 5.82. The Balaban J connectivity index is 2.27. The third-order valence-electron chi connectivity index (χ3n) is 1.63. The fraction of sp³-hybridized carbons (Fsp3) is 0.111. The van der Waals surface area contributed by atoms with Crippen molar-refractivity contribution in [2.24, 2.45) is 16.5 Å². The minimum Gasteiger partial charge on any atom is -0.370 e. The first-order valence-corrected chi connectivity index (χ1v) is 6.79. The number of amides is 2. The Morgan fingerprint density at radius 2 is 2.16 bits per heavy atom. The van der Waals surface area contributed by atoms with Gasteiger partial charge in [0.05, 0.1) is 10.6 Å². The average Bonchev–Trinajstić information content (AvgIpc) is 2.86. The van der Waals surface area contributed by atoms with E-state index in [0.29, 0.717) is 4.88 Å². The second kappa shape index (κ2) is 7.38. The summed E-state index contributed by atoms with van der Waals surface area (Å²) in [6.45, 7) is 0. The molecule has 1 heterocycles. The molecule has 7 N–H and O–H groups in total. The van der Waals surface area contributed by atoms with E-state index in [2.05, 4.69) is 15.8 Å². The molecule has 0 radical (unpaired) electrons. The number of nitrogens with two attached hydrogens (primary N) is 2. The lowest BCUT2D eigenvalue weighted by molar-refractivity contribution is -0.119. The summed E-state index contributed by atoms with van der Waals surface area (Å²) in [5.74, 6) is -1.19. The van der Waals surface area contributed by atoms with E-state index < -0.39 is 11.8 Å². The molecule has 0 spiro atoms. The van der Waals surface area contributed by atoms with E-state index in [0.717, 1.165) is 11.8 Å². The number of amidine groups is 1. The van der Waals surface area contributed by atoms with Crippen molar-refractivity contribution in [2.45, 2.75) is 0 Å². The number of aliphatic imine (C=N–C) groups is 1. The monoisotopic (exact) mass is 300 g/mol. The fourth-order valence-corrected chi connectivity index (χ4v) is 2.04. The van der Waals surface area contributed by atoms with Crippen LogP contribution in [0.2, 0.25) is 0 Å². The van der Waals surface area contributed by atoms with Crippen molar-refractivity contribution in [2.75, 3.05) is 5.75 Å². The molecule has 0 aliphatic heterocycles. The smallest absolute Gasteiger partial charge is 0.279 e. The van der Waals surface area contributed by atoms with Gasteiger partial charge < -0.3 is 11.5 Å². The van der Waals surface area contributed by atoms with Crippen molar-refractivity contribution in [1.29, 1.82) is 5.41 Å². The summed E-state index contributed by atoms with van der Waals surface area (Å²) in [4.78, 5) is 26.8. The SMILES string of the molecule is N=C(N=C(N)N)SCC(=O)NNC(=O)c1cccs1. The minimum absolute atomic E-state index is 0.0830. The van der Waals surface area contributed by atoms with Gasteiger partial charge >= 0.3 is 0 Å². The Labute approximate surface area is 117 Å². The predicted molar refractivity (Wildman–Crippen MR) is 75.9 cm³/mol. The molecule has 1 rings (SSSR count). The van der Waals surface area contributed by atoms with Gasteiger partial charge in [-0.05, 0) is 11.4 Å². The van der Waals surface area contributed by atoms with Crippen LogP contribution in [-0.2, 0) is 4.79 Å². The van der Waals surface area contributed by atoms with Crippen molar-refractivity contribution < 1.29 is 9.59 Å². The maximum Gasteiger partial charge on any atom is 0.279 e. The zero-order valence-electron chi connectivity index (χ0n) is 9.67. The highest BCUT2D eigenvalue weighted by Gasteiger charge is 2.08. The molecule has 0 saturated heterocycles. The maximum atomic E-state index is 11.5. The number of carbonyl (C=O) groups excluding carboxylic acids is 2. The number of carbonyl (C=O) groups is 2. The van der Waals surface area contributed by atoms with Crippen LogP contribution >= 0.6 is 23.1 Å². The largest absolute Gasteiger partial charge is 0.370 e. The normalized spacial score (nSPS) is 9.47.